The van der Waals surface area contributed by atoms with Crippen LogP contribution in [0.2, 0.25) is 0 Å². The summed E-state index contributed by atoms with van der Waals surface area (Å²) in [7, 11) is -11.3. The molecule has 0 aromatic carbocycles. The van der Waals surface area contributed by atoms with Crippen LogP contribution in [-0.2, 0) is 42.5 Å². The molecule has 3 fully saturated rings. The Morgan fingerprint density at radius 3 is 1.84 bits per heavy atom. The SMILES string of the molecule is C[C@]1(F)C(n2ccc(=O)[nH]c2=O)O[C@H](COP(=O)(OCCCS(=O)(=O)CCCCC2CCC2)OCCCS(=O)(=O)CCCCC2CCC2)[C@H]1O. The molecule has 0 amide bonds. The zero-order valence-electron chi connectivity index (χ0n) is 28.9. The molecule has 1 aromatic rings. The Labute approximate surface area is 294 Å². The Morgan fingerprint density at radius 1 is 0.880 bits per heavy atom. The van der Waals surface area contributed by atoms with Gasteiger partial charge in [0.15, 0.2) is 11.9 Å². The number of sulfone groups is 2. The molecule has 1 unspecified atom stereocenters. The van der Waals surface area contributed by atoms with Crippen LogP contribution in [0.15, 0.2) is 21.9 Å². The standard InChI is InChI=1S/C32H54FN2O12PS2/c1-32(33)29(37)27(47-30(32)35-17-16-28(36)34-31(35)38)24-46-48(39,44-18-8-22-49(40,41)20-4-2-10-25-12-6-13-25)45-19-9-23-50(42,43)21-5-3-11-26-14-7-15-26/h16-17,25-27,29-30,37H,2-15,18-24H2,1H3,(H,34,36,38)/t27-,29-,30?,32-/m1/s1. The van der Waals surface area contributed by atoms with E-state index >= 15 is 4.39 Å². The van der Waals surface area contributed by atoms with Crippen molar-refractivity contribution in [3.8, 4) is 0 Å². The number of aliphatic hydroxyl groups excluding tert-OH is 1. The lowest BCUT2D eigenvalue weighted by atomic mass is 9.82. The number of halogens is 1. The minimum absolute atomic E-state index is 0.0147. The van der Waals surface area contributed by atoms with E-state index in [0.717, 1.165) is 49.4 Å². The second-order valence-corrected chi connectivity index (χ2v) is 20.4. The largest absolute Gasteiger partial charge is 0.474 e. The number of hydrogen-bond acceptors (Lipinski definition) is 12. The van der Waals surface area contributed by atoms with E-state index in [-0.39, 0.29) is 49.1 Å². The van der Waals surface area contributed by atoms with E-state index in [4.69, 9.17) is 18.3 Å². The van der Waals surface area contributed by atoms with Crippen LogP contribution >= 0.6 is 7.82 Å². The molecule has 3 aliphatic rings. The number of aliphatic hydroxyl groups is 1. The summed E-state index contributed by atoms with van der Waals surface area (Å²) in [6, 6.07) is 0.984. The van der Waals surface area contributed by atoms with Gasteiger partial charge in [-0.3, -0.25) is 27.9 Å². The molecule has 288 valence electrons. The highest BCUT2D eigenvalue weighted by atomic mass is 32.2. The number of phosphoric acid groups is 1. The maximum absolute atomic E-state index is 15.6. The number of aromatic amines is 1. The monoisotopic (exact) mass is 772 g/mol. The van der Waals surface area contributed by atoms with Crippen molar-refractivity contribution in [1.82, 2.24) is 9.55 Å². The van der Waals surface area contributed by atoms with Crippen LogP contribution in [0.1, 0.15) is 103 Å². The first-order chi connectivity index (χ1) is 23.6. The van der Waals surface area contributed by atoms with Crippen molar-refractivity contribution in [3.05, 3.63) is 33.1 Å². The quantitative estimate of drug-likeness (QED) is 0.112. The first kappa shape index (κ1) is 41.3. The number of nitrogens with one attached hydrogen (secondary N) is 1. The average Bonchev–Trinajstić information content (AvgIpc) is 3.22. The summed E-state index contributed by atoms with van der Waals surface area (Å²) < 4.78 is 102. The summed E-state index contributed by atoms with van der Waals surface area (Å²) in [4.78, 5) is 25.7. The highest BCUT2D eigenvalue weighted by Gasteiger charge is 2.55. The number of unbranched alkanes of at least 4 members (excludes halogenated alkanes) is 2. The summed E-state index contributed by atoms with van der Waals surface area (Å²) in [6.45, 7) is -0.385. The van der Waals surface area contributed by atoms with E-state index in [9.17, 15) is 36.1 Å². The second-order valence-electron chi connectivity index (χ2n) is 14.1. The molecular formula is C32H54FN2O12PS2. The molecule has 0 radical (unpaired) electrons. The minimum Gasteiger partial charge on any atom is -0.387 e. The van der Waals surface area contributed by atoms with Gasteiger partial charge in [-0.1, -0.05) is 64.2 Å². The number of ether oxygens (including phenoxy) is 1. The van der Waals surface area contributed by atoms with Crippen molar-refractivity contribution < 1.29 is 49.2 Å². The first-order valence-corrected chi connectivity index (χ1v) is 23.0. The third-order valence-corrected chi connectivity index (χ3v) is 15.1. The first-order valence-electron chi connectivity index (χ1n) is 17.9. The lowest BCUT2D eigenvalue weighted by molar-refractivity contribution is -0.0620. The third-order valence-electron chi connectivity index (χ3n) is 10.0. The lowest BCUT2D eigenvalue weighted by Crippen LogP contribution is -2.43. The van der Waals surface area contributed by atoms with E-state index in [2.05, 4.69) is 0 Å². The maximum Gasteiger partial charge on any atom is 0.474 e. The van der Waals surface area contributed by atoms with E-state index in [1.54, 1.807) is 0 Å². The summed E-state index contributed by atoms with van der Waals surface area (Å²) in [5.74, 6) is 1.06. The van der Waals surface area contributed by atoms with Gasteiger partial charge in [-0.15, -0.1) is 0 Å². The van der Waals surface area contributed by atoms with Crippen LogP contribution in [0.5, 0.6) is 0 Å². The van der Waals surface area contributed by atoms with Gasteiger partial charge in [-0.25, -0.2) is 30.6 Å². The molecule has 4 atom stereocenters. The number of alkyl halides is 1. The van der Waals surface area contributed by atoms with Gasteiger partial charge in [0.05, 0.1) is 42.8 Å². The van der Waals surface area contributed by atoms with Gasteiger partial charge in [-0.2, -0.15) is 0 Å². The fourth-order valence-corrected chi connectivity index (χ4v) is 10.5. The van der Waals surface area contributed by atoms with Crippen LogP contribution < -0.4 is 11.2 Å². The topological polar surface area (TPSA) is 197 Å². The highest BCUT2D eigenvalue weighted by molar-refractivity contribution is 7.91. The molecule has 14 nitrogen and oxygen atoms in total. The van der Waals surface area contributed by atoms with Gasteiger partial charge in [0, 0.05) is 12.3 Å². The molecule has 50 heavy (non-hydrogen) atoms. The lowest BCUT2D eigenvalue weighted by Gasteiger charge is -2.25. The molecule has 18 heteroatoms. The Hall–Kier alpha value is -1.46. The van der Waals surface area contributed by atoms with Crippen molar-refractivity contribution in [1.29, 1.82) is 0 Å². The maximum atomic E-state index is 15.6. The van der Waals surface area contributed by atoms with E-state index in [1.807, 2.05) is 4.98 Å². The number of phosphoric ester groups is 1. The summed E-state index contributed by atoms with van der Waals surface area (Å²) >= 11 is 0. The molecule has 2 heterocycles. The molecule has 2 N–H and O–H groups in total. The Balaban J connectivity index is 1.29. The molecule has 4 rings (SSSR count). The van der Waals surface area contributed by atoms with Gasteiger partial charge in [0.1, 0.15) is 31.9 Å². The number of rotatable bonds is 24. The molecule has 1 saturated heterocycles. The van der Waals surface area contributed by atoms with Gasteiger partial charge >= 0.3 is 13.5 Å². The average molecular weight is 773 g/mol. The van der Waals surface area contributed by atoms with Gasteiger partial charge in [0.25, 0.3) is 5.56 Å². The number of nitrogens with zero attached hydrogens (tertiary/aromatic N) is 1. The fourth-order valence-electron chi connectivity index (χ4n) is 6.43. The summed E-state index contributed by atoms with van der Waals surface area (Å²) in [5.41, 5.74) is -4.23. The Kier molecular flexibility index (Phi) is 15.3. The molecule has 1 aromatic heterocycles. The van der Waals surface area contributed by atoms with Crippen LogP contribution in [0.3, 0.4) is 0 Å². The number of aromatic nitrogens is 2. The fraction of sp³-hybridized carbons (Fsp3) is 0.875. The highest BCUT2D eigenvalue weighted by Crippen LogP contribution is 2.51. The van der Waals surface area contributed by atoms with Crippen LogP contribution in [0.4, 0.5) is 4.39 Å². The molecule has 2 saturated carbocycles. The Morgan fingerprint density at radius 2 is 1.38 bits per heavy atom. The van der Waals surface area contributed by atoms with Crippen molar-refractivity contribution in [2.24, 2.45) is 11.8 Å². The Bertz CT molecular complexity index is 1540. The van der Waals surface area contributed by atoms with Gasteiger partial charge in [-0.05, 0) is 44.4 Å². The second kappa shape index (κ2) is 18.5. The molecular weight excluding hydrogens is 718 g/mol. The zero-order valence-corrected chi connectivity index (χ0v) is 31.4. The predicted octanol–water partition coefficient (Wildman–Crippen LogP) is 4.23. The number of hydrogen-bond donors (Lipinski definition) is 2. The van der Waals surface area contributed by atoms with Crippen molar-refractivity contribution in [3.63, 3.8) is 0 Å². The summed E-state index contributed by atoms with van der Waals surface area (Å²) in [5, 5.41) is 10.7. The van der Waals surface area contributed by atoms with E-state index < -0.39 is 69.5 Å². The van der Waals surface area contributed by atoms with Crippen molar-refractivity contribution >= 4 is 27.5 Å². The van der Waals surface area contributed by atoms with Crippen LogP contribution in [0.25, 0.3) is 0 Å². The third kappa shape index (κ3) is 12.6. The van der Waals surface area contributed by atoms with Crippen molar-refractivity contribution in [2.75, 3.05) is 42.8 Å². The smallest absolute Gasteiger partial charge is 0.387 e. The normalized spacial score (nSPS) is 25.1. The minimum atomic E-state index is -4.50. The summed E-state index contributed by atoms with van der Waals surface area (Å²) in [6.07, 6.45) is 8.17. The molecule has 0 spiro atoms. The molecule has 1 aliphatic heterocycles. The molecule has 2 aliphatic carbocycles. The van der Waals surface area contributed by atoms with E-state index in [0.29, 0.717) is 24.7 Å². The van der Waals surface area contributed by atoms with Gasteiger partial charge in [0.2, 0.25) is 0 Å². The van der Waals surface area contributed by atoms with Crippen LogP contribution in [0, 0.1) is 11.8 Å². The van der Waals surface area contributed by atoms with Gasteiger partial charge < -0.3 is 9.84 Å². The number of H-pyrrole nitrogens is 1. The van der Waals surface area contributed by atoms with Crippen LogP contribution in [-0.4, -0.2) is 92.2 Å². The van der Waals surface area contributed by atoms with E-state index in [1.165, 1.54) is 38.5 Å². The van der Waals surface area contributed by atoms with Crippen molar-refractivity contribution in [2.45, 2.75) is 121 Å². The zero-order chi connectivity index (χ0) is 36.4. The predicted molar refractivity (Wildman–Crippen MR) is 185 cm³/mol. The molecule has 0 bridgehead atoms.